The average molecular weight is 274 g/mol. The minimum atomic E-state index is -0.387. The molecule has 2 aromatic carbocycles. The van der Waals surface area contributed by atoms with E-state index in [0.717, 1.165) is 5.75 Å². The van der Waals surface area contributed by atoms with Gasteiger partial charge in [0.05, 0.1) is 5.56 Å². The highest BCUT2D eigenvalue weighted by atomic mass is 32.1. The molecular formula is C15H14O3S. The van der Waals surface area contributed by atoms with E-state index >= 15 is 0 Å². The molecule has 3 nitrogen and oxygen atoms in total. The Bertz CT molecular complexity index is 540. The summed E-state index contributed by atoms with van der Waals surface area (Å²) >= 11 is 4.21. The van der Waals surface area contributed by atoms with Crippen molar-refractivity contribution in [2.75, 3.05) is 13.2 Å². The van der Waals surface area contributed by atoms with Crippen LogP contribution in [0.2, 0.25) is 0 Å². The van der Waals surface area contributed by atoms with Crippen molar-refractivity contribution in [1.82, 2.24) is 0 Å². The molecule has 4 heteroatoms. The molecule has 19 heavy (non-hydrogen) atoms. The van der Waals surface area contributed by atoms with Gasteiger partial charge in [0.2, 0.25) is 0 Å². The molecule has 0 saturated heterocycles. The van der Waals surface area contributed by atoms with Gasteiger partial charge in [-0.3, -0.25) is 0 Å². The number of para-hydroxylation sites is 1. The number of carbonyl (C=O) groups excluding carboxylic acids is 1. The normalized spacial score (nSPS) is 9.95. The van der Waals surface area contributed by atoms with Crippen molar-refractivity contribution in [2.24, 2.45) is 0 Å². The second-order valence-electron chi connectivity index (χ2n) is 3.81. The Balaban J connectivity index is 1.77. The molecule has 0 radical (unpaired) electrons. The van der Waals surface area contributed by atoms with E-state index in [9.17, 15) is 4.79 Å². The molecule has 0 heterocycles. The van der Waals surface area contributed by atoms with Crippen LogP contribution >= 0.6 is 12.6 Å². The van der Waals surface area contributed by atoms with Gasteiger partial charge in [0.1, 0.15) is 19.0 Å². The lowest BCUT2D eigenvalue weighted by Gasteiger charge is -2.08. The minimum absolute atomic E-state index is 0.204. The summed E-state index contributed by atoms with van der Waals surface area (Å²) in [5, 5.41) is 0. The number of ether oxygens (including phenoxy) is 2. The van der Waals surface area contributed by atoms with E-state index in [1.165, 1.54) is 0 Å². The maximum absolute atomic E-state index is 11.8. The molecule has 0 fully saturated rings. The van der Waals surface area contributed by atoms with Crippen LogP contribution in [0.5, 0.6) is 5.75 Å². The lowest BCUT2D eigenvalue weighted by Crippen LogP contribution is -2.12. The zero-order chi connectivity index (χ0) is 13.5. The molecule has 0 spiro atoms. The van der Waals surface area contributed by atoms with Gasteiger partial charge in [0.15, 0.2) is 0 Å². The molecule has 2 aromatic rings. The molecule has 0 bridgehead atoms. The maximum atomic E-state index is 11.8. The fraction of sp³-hybridized carbons (Fsp3) is 0.133. The van der Waals surface area contributed by atoms with Crippen molar-refractivity contribution in [1.29, 1.82) is 0 Å². The second-order valence-corrected chi connectivity index (χ2v) is 4.30. The predicted octanol–water partition coefficient (Wildman–Crippen LogP) is 3.21. The van der Waals surface area contributed by atoms with Gasteiger partial charge in [0.25, 0.3) is 0 Å². The molecule has 0 aliphatic carbocycles. The molecule has 0 N–H and O–H groups in total. The van der Waals surface area contributed by atoms with Crippen LogP contribution in [0.15, 0.2) is 59.5 Å². The lowest BCUT2D eigenvalue weighted by atomic mass is 10.2. The molecule has 0 unspecified atom stereocenters. The highest BCUT2D eigenvalue weighted by molar-refractivity contribution is 7.80. The molecule has 0 aromatic heterocycles. The van der Waals surface area contributed by atoms with E-state index < -0.39 is 0 Å². The number of rotatable bonds is 5. The molecule has 2 rings (SSSR count). The van der Waals surface area contributed by atoms with Crippen molar-refractivity contribution < 1.29 is 14.3 Å². The van der Waals surface area contributed by atoms with Crippen LogP contribution in [-0.2, 0) is 4.74 Å². The first kappa shape index (κ1) is 13.5. The van der Waals surface area contributed by atoms with Crippen LogP contribution < -0.4 is 4.74 Å². The fourth-order valence-corrected chi connectivity index (χ4v) is 1.79. The van der Waals surface area contributed by atoms with Gasteiger partial charge < -0.3 is 9.47 Å². The van der Waals surface area contributed by atoms with E-state index in [-0.39, 0.29) is 12.6 Å². The Morgan fingerprint density at radius 1 is 0.947 bits per heavy atom. The van der Waals surface area contributed by atoms with Gasteiger partial charge in [-0.05, 0) is 24.3 Å². The Morgan fingerprint density at radius 3 is 2.37 bits per heavy atom. The predicted molar refractivity (Wildman–Crippen MR) is 75.9 cm³/mol. The average Bonchev–Trinajstić information content (AvgIpc) is 2.45. The summed E-state index contributed by atoms with van der Waals surface area (Å²) < 4.78 is 10.5. The van der Waals surface area contributed by atoms with Crippen molar-refractivity contribution in [3.05, 3.63) is 60.2 Å². The van der Waals surface area contributed by atoms with Gasteiger partial charge in [0, 0.05) is 4.90 Å². The largest absolute Gasteiger partial charge is 0.490 e. The summed E-state index contributed by atoms with van der Waals surface area (Å²) in [6.07, 6.45) is 0. The zero-order valence-corrected chi connectivity index (χ0v) is 11.2. The van der Waals surface area contributed by atoms with Crippen LogP contribution in [0.3, 0.4) is 0 Å². The third kappa shape index (κ3) is 4.03. The van der Waals surface area contributed by atoms with E-state index in [4.69, 9.17) is 9.47 Å². The maximum Gasteiger partial charge on any atom is 0.339 e. The molecule has 0 aliphatic rings. The summed E-state index contributed by atoms with van der Waals surface area (Å²) in [6.45, 7) is 0.528. The third-order valence-corrected chi connectivity index (χ3v) is 2.84. The zero-order valence-electron chi connectivity index (χ0n) is 10.3. The van der Waals surface area contributed by atoms with Crippen molar-refractivity contribution in [2.45, 2.75) is 4.90 Å². The van der Waals surface area contributed by atoms with Gasteiger partial charge in [-0.15, -0.1) is 12.6 Å². The highest BCUT2D eigenvalue weighted by Gasteiger charge is 2.09. The summed E-state index contributed by atoms with van der Waals surface area (Å²) in [7, 11) is 0. The Labute approximate surface area is 117 Å². The van der Waals surface area contributed by atoms with E-state index in [2.05, 4.69) is 12.6 Å². The molecular weight excluding hydrogens is 260 g/mol. The number of esters is 1. The summed E-state index contributed by atoms with van der Waals surface area (Å²) in [5.74, 6) is 0.371. The number of benzene rings is 2. The summed E-state index contributed by atoms with van der Waals surface area (Å²) in [4.78, 5) is 12.4. The Morgan fingerprint density at radius 2 is 1.63 bits per heavy atom. The summed E-state index contributed by atoms with van der Waals surface area (Å²) in [6, 6.07) is 16.4. The van der Waals surface area contributed by atoms with Crippen LogP contribution in [-0.4, -0.2) is 19.2 Å². The number of carbonyl (C=O) groups is 1. The SMILES string of the molecule is O=C(OCCOc1ccccc1)c1ccccc1S. The molecule has 0 saturated carbocycles. The highest BCUT2D eigenvalue weighted by Crippen LogP contribution is 2.14. The van der Waals surface area contributed by atoms with E-state index in [1.807, 2.05) is 36.4 Å². The second kappa shape index (κ2) is 6.85. The van der Waals surface area contributed by atoms with Gasteiger partial charge in [-0.25, -0.2) is 4.79 Å². The number of thiol groups is 1. The smallest absolute Gasteiger partial charge is 0.339 e. The number of hydrogen-bond donors (Lipinski definition) is 1. The van der Waals surface area contributed by atoms with Crippen LogP contribution in [0.4, 0.5) is 0 Å². The first-order valence-electron chi connectivity index (χ1n) is 5.90. The third-order valence-electron chi connectivity index (χ3n) is 2.45. The lowest BCUT2D eigenvalue weighted by molar-refractivity contribution is 0.0446. The van der Waals surface area contributed by atoms with Crippen LogP contribution in [0.25, 0.3) is 0 Å². The standard InChI is InChI=1S/C15H14O3S/c16-15(13-8-4-5-9-14(13)19)18-11-10-17-12-6-2-1-3-7-12/h1-9,19H,10-11H2. The van der Waals surface area contributed by atoms with Gasteiger partial charge >= 0.3 is 5.97 Å². The Kier molecular flexibility index (Phi) is 4.86. The van der Waals surface area contributed by atoms with Crippen LogP contribution in [0.1, 0.15) is 10.4 Å². The fourth-order valence-electron chi connectivity index (χ4n) is 1.53. The van der Waals surface area contributed by atoms with Crippen molar-refractivity contribution in [3.63, 3.8) is 0 Å². The van der Waals surface area contributed by atoms with Gasteiger partial charge in [-0.1, -0.05) is 30.3 Å². The summed E-state index contributed by atoms with van der Waals surface area (Å²) in [5.41, 5.74) is 0.463. The van der Waals surface area contributed by atoms with E-state index in [1.54, 1.807) is 18.2 Å². The quantitative estimate of drug-likeness (QED) is 0.516. The van der Waals surface area contributed by atoms with E-state index in [0.29, 0.717) is 17.1 Å². The molecule has 98 valence electrons. The Hall–Kier alpha value is -1.94. The monoisotopic (exact) mass is 274 g/mol. The minimum Gasteiger partial charge on any atom is -0.490 e. The first-order valence-corrected chi connectivity index (χ1v) is 6.35. The van der Waals surface area contributed by atoms with Gasteiger partial charge in [-0.2, -0.15) is 0 Å². The van der Waals surface area contributed by atoms with Crippen molar-refractivity contribution in [3.8, 4) is 5.75 Å². The van der Waals surface area contributed by atoms with Crippen molar-refractivity contribution >= 4 is 18.6 Å². The first-order chi connectivity index (χ1) is 9.27. The topological polar surface area (TPSA) is 35.5 Å². The van der Waals surface area contributed by atoms with Crippen LogP contribution in [0, 0.1) is 0 Å². The number of hydrogen-bond acceptors (Lipinski definition) is 4. The molecule has 0 atom stereocenters. The molecule has 0 aliphatic heterocycles. The molecule has 0 amide bonds.